The Morgan fingerprint density at radius 2 is 2.27 bits per heavy atom. The highest BCUT2D eigenvalue weighted by Gasteiger charge is 2.06. The molecule has 0 saturated heterocycles. The van der Waals surface area contributed by atoms with Gasteiger partial charge < -0.3 is 9.73 Å². The van der Waals surface area contributed by atoms with Crippen LogP contribution in [0.1, 0.15) is 17.3 Å². The summed E-state index contributed by atoms with van der Waals surface area (Å²) in [6.45, 7) is 3.15. The van der Waals surface area contributed by atoms with Crippen molar-refractivity contribution in [3.05, 3.63) is 36.1 Å². The summed E-state index contributed by atoms with van der Waals surface area (Å²) < 4.78 is 5.24. The minimum absolute atomic E-state index is 0.0927. The van der Waals surface area contributed by atoms with Crippen molar-refractivity contribution < 1.29 is 9.21 Å². The van der Waals surface area contributed by atoms with E-state index in [0.29, 0.717) is 12.1 Å². The fraction of sp³-hybridized carbons (Fsp3) is 0.250. The van der Waals surface area contributed by atoms with Crippen LogP contribution in [-0.4, -0.2) is 18.9 Å². The van der Waals surface area contributed by atoms with Gasteiger partial charge in [-0.3, -0.25) is 4.79 Å². The summed E-state index contributed by atoms with van der Waals surface area (Å²) >= 11 is 0. The molecule has 0 unspecified atom stereocenters. The molecule has 0 spiro atoms. The number of likely N-dealkylation sites (N-methyl/N-ethyl adjacent to an activating group) is 1. The summed E-state index contributed by atoms with van der Waals surface area (Å²) in [5.41, 5.74) is 1.45. The van der Waals surface area contributed by atoms with Gasteiger partial charge in [-0.15, -0.1) is 0 Å². The van der Waals surface area contributed by atoms with E-state index in [9.17, 15) is 4.79 Å². The second kappa shape index (κ2) is 4.28. The number of Topliss-reactive ketones (excluding diaryl/α,β-unsaturated/α-hetero) is 1. The number of carbonyl (C=O) groups excluding carboxylic acids is 1. The lowest BCUT2D eigenvalue weighted by Gasteiger charge is -2.01. The van der Waals surface area contributed by atoms with Crippen LogP contribution in [0, 0.1) is 0 Å². The first-order chi connectivity index (χ1) is 7.31. The highest BCUT2D eigenvalue weighted by Crippen LogP contribution is 2.16. The van der Waals surface area contributed by atoms with Crippen LogP contribution in [0.2, 0.25) is 0 Å². The average molecular weight is 203 g/mol. The first-order valence-corrected chi connectivity index (χ1v) is 5.02. The molecule has 0 aliphatic carbocycles. The molecule has 1 aromatic carbocycles. The van der Waals surface area contributed by atoms with Gasteiger partial charge in [0.05, 0.1) is 12.8 Å². The van der Waals surface area contributed by atoms with Crippen molar-refractivity contribution in [3.63, 3.8) is 0 Å². The molecule has 1 aromatic heterocycles. The summed E-state index contributed by atoms with van der Waals surface area (Å²) in [7, 11) is 0. The van der Waals surface area contributed by atoms with E-state index in [0.717, 1.165) is 17.5 Å². The largest absolute Gasteiger partial charge is 0.464 e. The minimum Gasteiger partial charge on any atom is -0.464 e. The molecule has 15 heavy (non-hydrogen) atoms. The lowest BCUT2D eigenvalue weighted by Crippen LogP contribution is -2.22. The number of hydrogen-bond donors (Lipinski definition) is 1. The lowest BCUT2D eigenvalue weighted by molar-refractivity contribution is 0.0992. The average Bonchev–Trinajstić information content (AvgIpc) is 2.72. The SMILES string of the molecule is CCNCC(=O)c1ccc2ccoc2c1. The third kappa shape index (κ3) is 2.07. The highest BCUT2D eigenvalue weighted by molar-refractivity contribution is 6.00. The molecular weight excluding hydrogens is 190 g/mol. The summed E-state index contributed by atoms with van der Waals surface area (Å²) in [6.07, 6.45) is 1.63. The van der Waals surface area contributed by atoms with E-state index < -0.39 is 0 Å². The van der Waals surface area contributed by atoms with Gasteiger partial charge >= 0.3 is 0 Å². The summed E-state index contributed by atoms with van der Waals surface area (Å²) in [4.78, 5) is 11.7. The van der Waals surface area contributed by atoms with Crippen molar-refractivity contribution in [2.45, 2.75) is 6.92 Å². The van der Waals surface area contributed by atoms with Crippen LogP contribution in [0.15, 0.2) is 34.9 Å². The maximum atomic E-state index is 11.7. The van der Waals surface area contributed by atoms with Crippen molar-refractivity contribution in [2.75, 3.05) is 13.1 Å². The molecule has 0 amide bonds. The summed E-state index contributed by atoms with van der Waals surface area (Å²) in [5, 5.41) is 4.03. The van der Waals surface area contributed by atoms with E-state index in [-0.39, 0.29) is 5.78 Å². The van der Waals surface area contributed by atoms with Gasteiger partial charge in [0, 0.05) is 10.9 Å². The molecule has 0 radical (unpaired) electrons. The number of nitrogens with one attached hydrogen (secondary N) is 1. The smallest absolute Gasteiger partial charge is 0.176 e. The third-order valence-corrected chi connectivity index (χ3v) is 2.31. The maximum Gasteiger partial charge on any atom is 0.176 e. The first kappa shape index (κ1) is 9.93. The molecule has 2 aromatic rings. The Bertz CT molecular complexity index is 473. The molecule has 0 bridgehead atoms. The van der Waals surface area contributed by atoms with Crippen molar-refractivity contribution in [3.8, 4) is 0 Å². The Labute approximate surface area is 88.1 Å². The van der Waals surface area contributed by atoms with E-state index >= 15 is 0 Å². The quantitative estimate of drug-likeness (QED) is 0.775. The Hall–Kier alpha value is -1.61. The van der Waals surface area contributed by atoms with Gasteiger partial charge in [-0.05, 0) is 18.7 Å². The minimum atomic E-state index is 0.0927. The van der Waals surface area contributed by atoms with Gasteiger partial charge in [0.15, 0.2) is 5.78 Å². The molecule has 0 saturated carbocycles. The number of carbonyl (C=O) groups is 1. The van der Waals surface area contributed by atoms with E-state index in [1.165, 1.54) is 0 Å². The number of fused-ring (bicyclic) bond motifs is 1. The fourth-order valence-electron chi connectivity index (χ4n) is 1.47. The van der Waals surface area contributed by atoms with Crippen LogP contribution < -0.4 is 5.32 Å². The van der Waals surface area contributed by atoms with Crippen LogP contribution in [-0.2, 0) is 0 Å². The standard InChI is InChI=1S/C12H13NO2/c1-2-13-8-11(14)10-4-3-9-5-6-15-12(9)7-10/h3-7,13H,2,8H2,1H3. The van der Waals surface area contributed by atoms with E-state index in [1.54, 1.807) is 12.3 Å². The van der Waals surface area contributed by atoms with E-state index in [1.807, 2.05) is 25.1 Å². The van der Waals surface area contributed by atoms with E-state index in [2.05, 4.69) is 5.32 Å². The Balaban J connectivity index is 2.23. The van der Waals surface area contributed by atoms with Gasteiger partial charge in [-0.25, -0.2) is 0 Å². The molecule has 1 N–H and O–H groups in total. The zero-order valence-electron chi connectivity index (χ0n) is 8.62. The normalized spacial score (nSPS) is 10.7. The van der Waals surface area contributed by atoms with Crippen LogP contribution in [0.3, 0.4) is 0 Å². The second-order valence-electron chi connectivity index (χ2n) is 3.38. The molecule has 0 aliphatic heterocycles. The number of benzene rings is 1. The molecule has 3 nitrogen and oxygen atoms in total. The number of hydrogen-bond acceptors (Lipinski definition) is 3. The Morgan fingerprint density at radius 3 is 3.07 bits per heavy atom. The topological polar surface area (TPSA) is 42.2 Å². The van der Waals surface area contributed by atoms with Gasteiger partial charge in [0.2, 0.25) is 0 Å². The molecule has 78 valence electrons. The number of furan rings is 1. The molecule has 3 heteroatoms. The van der Waals surface area contributed by atoms with Crippen LogP contribution >= 0.6 is 0 Å². The van der Waals surface area contributed by atoms with Gasteiger partial charge in [-0.2, -0.15) is 0 Å². The van der Waals surface area contributed by atoms with E-state index in [4.69, 9.17) is 4.42 Å². The molecule has 0 fully saturated rings. The predicted molar refractivity (Wildman–Crippen MR) is 59.1 cm³/mol. The van der Waals surface area contributed by atoms with Gasteiger partial charge in [0.1, 0.15) is 5.58 Å². The van der Waals surface area contributed by atoms with Crippen molar-refractivity contribution in [1.82, 2.24) is 5.32 Å². The monoisotopic (exact) mass is 203 g/mol. The van der Waals surface area contributed by atoms with Crippen molar-refractivity contribution in [1.29, 1.82) is 0 Å². The Morgan fingerprint density at radius 1 is 1.40 bits per heavy atom. The van der Waals surface area contributed by atoms with Crippen molar-refractivity contribution in [2.24, 2.45) is 0 Å². The molecular formula is C12H13NO2. The third-order valence-electron chi connectivity index (χ3n) is 2.31. The predicted octanol–water partition coefficient (Wildman–Crippen LogP) is 2.22. The molecule has 0 aliphatic rings. The van der Waals surface area contributed by atoms with Crippen LogP contribution in [0.5, 0.6) is 0 Å². The molecule has 2 rings (SSSR count). The van der Waals surface area contributed by atoms with Crippen LogP contribution in [0.4, 0.5) is 0 Å². The lowest BCUT2D eigenvalue weighted by atomic mass is 10.1. The summed E-state index contributed by atoms with van der Waals surface area (Å²) in [5.74, 6) is 0.0927. The zero-order valence-corrected chi connectivity index (χ0v) is 8.62. The van der Waals surface area contributed by atoms with Crippen molar-refractivity contribution >= 4 is 16.8 Å². The van der Waals surface area contributed by atoms with Crippen LogP contribution in [0.25, 0.3) is 11.0 Å². The molecule has 0 atom stereocenters. The maximum absolute atomic E-state index is 11.7. The Kier molecular flexibility index (Phi) is 2.83. The zero-order chi connectivity index (χ0) is 10.7. The first-order valence-electron chi connectivity index (χ1n) is 5.02. The highest BCUT2D eigenvalue weighted by atomic mass is 16.3. The second-order valence-corrected chi connectivity index (χ2v) is 3.38. The number of ketones is 1. The molecule has 1 heterocycles. The van der Waals surface area contributed by atoms with Gasteiger partial charge in [-0.1, -0.05) is 19.1 Å². The summed E-state index contributed by atoms with van der Waals surface area (Å²) in [6, 6.07) is 7.40. The number of rotatable bonds is 4. The fourth-order valence-corrected chi connectivity index (χ4v) is 1.47. The van der Waals surface area contributed by atoms with Gasteiger partial charge in [0.25, 0.3) is 0 Å².